The number of rotatable bonds is 2. The second-order valence-corrected chi connectivity index (χ2v) is 3.84. The van der Waals surface area contributed by atoms with E-state index >= 15 is 0 Å². The summed E-state index contributed by atoms with van der Waals surface area (Å²) < 4.78 is 0. The van der Waals surface area contributed by atoms with Crippen molar-refractivity contribution >= 4 is 12.0 Å². The number of primary amides is 1. The van der Waals surface area contributed by atoms with Crippen LogP contribution in [0.1, 0.15) is 17.0 Å². The number of amides is 2. The normalized spacial score (nSPS) is 22.5. The van der Waals surface area contributed by atoms with Crippen molar-refractivity contribution in [3.63, 3.8) is 0 Å². The van der Waals surface area contributed by atoms with Crippen molar-refractivity contribution < 1.29 is 14.7 Å². The molecule has 16 heavy (non-hydrogen) atoms. The van der Waals surface area contributed by atoms with Gasteiger partial charge in [-0.1, -0.05) is 24.3 Å². The second kappa shape index (κ2) is 3.84. The Labute approximate surface area is 92.3 Å². The molecule has 1 aromatic rings. The highest BCUT2D eigenvalue weighted by Crippen LogP contribution is 2.32. The van der Waals surface area contributed by atoms with Gasteiger partial charge in [0.1, 0.15) is 0 Å². The minimum atomic E-state index is -1.14. The fourth-order valence-corrected chi connectivity index (χ4v) is 2.24. The van der Waals surface area contributed by atoms with E-state index < -0.39 is 24.0 Å². The second-order valence-electron chi connectivity index (χ2n) is 3.84. The van der Waals surface area contributed by atoms with Gasteiger partial charge in [0.2, 0.25) is 5.91 Å². The molecular weight excluding hydrogens is 208 g/mol. The Bertz CT molecular complexity index is 445. The number of hydrogen-bond acceptors (Lipinski definition) is 2. The van der Waals surface area contributed by atoms with E-state index in [1.165, 1.54) is 0 Å². The summed E-state index contributed by atoms with van der Waals surface area (Å²) in [7, 11) is 0. The summed E-state index contributed by atoms with van der Waals surface area (Å²) in [5.74, 6) is -1.06. The molecule has 0 aliphatic heterocycles. The van der Waals surface area contributed by atoms with Crippen LogP contribution in [0.15, 0.2) is 24.3 Å². The van der Waals surface area contributed by atoms with E-state index in [4.69, 9.17) is 10.8 Å². The van der Waals surface area contributed by atoms with Gasteiger partial charge in [0.15, 0.2) is 0 Å². The smallest absolute Gasteiger partial charge is 0.404 e. The molecule has 0 spiro atoms. The zero-order valence-corrected chi connectivity index (χ0v) is 8.51. The summed E-state index contributed by atoms with van der Waals surface area (Å²) in [6, 6.07) is 6.92. The third-order valence-electron chi connectivity index (χ3n) is 2.85. The van der Waals surface area contributed by atoms with Gasteiger partial charge in [-0.2, -0.15) is 0 Å². The maximum atomic E-state index is 11.3. The van der Waals surface area contributed by atoms with Crippen molar-refractivity contribution in [2.24, 2.45) is 5.73 Å². The number of benzene rings is 1. The van der Waals surface area contributed by atoms with Crippen LogP contribution in [0.5, 0.6) is 0 Å². The molecule has 0 aromatic heterocycles. The number of hydrogen-bond donors (Lipinski definition) is 3. The maximum absolute atomic E-state index is 11.3. The molecule has 2 amide bonds. The molecule has 84 valence electrons. The van der Waals surface area contributed by atoms with Crippen LogP contribution in [0, 0.1) is 0 Å². The van der Waals surface area contributed by atoms with E-state index in [1.807, 2.05) is 24.3 Å². The summed E-state index contributed by atoms with van der Waals surface area (Å²) in [6.07, 6.45) is -0.625. The van der Waals surface area contributed by atoms with Crippen LogP contribution in [0.3, 0.4) is 0 Å². The summed E-state index contributed by atoms with van der Waals surface area (Å²) in [5, 5.41) is 11.0. The number of carbonyl (C=O) groups excluding carboxylic acids is 1. The average molecular weight is 220 g/mol. The molecular formula is C11H12N2O3. The SMILES string of the molecule is NC(=O)[C@@H]1c2ccccc2C[C@H]1NC(=O)O. The summed E-state index contributed by atoms with van der Waals surface area (Å²) in [5.41, 5.74) is 7.11. The van der Waals surface area contributed by atoms with Crippen molar-refractivity contribution in [2.45, 2.75) is 18.4 Å². The van der Waals surface area contributed by atoms with Crippen molar-refractivity contribution in [2.75, 3.05) is 0 Å². The molecule has 0 heterocycles. The first-order valence-electron chi connectivity index (χ1n) is 4.96. The van der Waals surface area contributed by atoms with Crippen molar-refractivity contribution in [3.8, 4) is 0 Å². The molecule has 2 atom stereocenters. The van der Waals surface area contributed by atoms with Crippen molar-refractivity contribution in [3.05, 3.63) is 35.4 Å². The van der Waals surface area contributed by atoms with Crippen LogP contribution < -0.4 is 11.1 Å². The number of nitrogens with one attached hydrogen (secondary N) is 1. The molecule has 2 rings (SSSR count). The molecule has 0 saturated heterocycles. The lowest BCUT2D eigenvalue weighted by atomic mass is 9.98. The average Bonchev–Trinajstić information content (AvgIpc) is 2.53. The predicted octanol–water partition coefficient (Wildman–Crippen LogP) is 0.448. The Morgan fingerprint density at radius 1 is 1.38 bits per heavy atom. The quantitative estimate of drug-likeness (QED) is 0.675. The number of carbonyl (C=O) groups is 2. The Kier molecular flexibility index (Phi) is 2.52. The highest BCUT2D eigenvalue weighted by Gasteiger charge is 2.36. The molecule has 0 saturated carbocycles. The Morgan fingerprint density at radius 2 is 2.06 bits per heavy atom. The third-order valence-corrected chi connectivity index (χ3v) is 2.85. The van der Waals surface area contributed by atoms with Gasteiger partial charge >= 0.3 is 6.09 Å². The number of nitrogens with two attached hydrogens (primary N) is 1. The van der Waals surface area contributed by atoms with E-state index in [-0.39, 0.29) is 0 Å². The fraction of sp³-hybridized carbons (Fsp3) is 0.273. The number of fused-ring (bicyclic) bond motifs is 1. The van der Waals surface area contributed by atoms with E-state index in [0.717, 1.165) is 11.1 Å². The Hall–Kier alpha value is -2.04. The predicted molar refractivity (Wildman–Crippen MR) is 57.0 cm³/mol. The van der Waals surface area contributed by atoms with Gasteiger partial charge in [0.05, 0.1) is 12.0 Å². The lowest BCUT2D eigenvalue weighted by Gasteiger charge is -2.16. The minimum absolute atomic E-state index is 0.451. The molecule has 0 unspecified atom stereocenters. The van der Waals surface area contributed by atoms with E-state index in [2.05, 4.69) is 5.32 Å². The Balaban J connectivity index is 2.33. The van der Waals surface area contributed by atoms with Gasteiger partial charge in [-0.3, -0.25) is 4.79 Å². The lowest BCUT2D eigenvalue weighted by molar-refractivity contribution is -0.119. The van der Waals surface area contributed by atoms with Crippen LogP contribution >= 0.6 is 0 Å². The molecule has 0 bridgehead atoms. The van der Waals surface area contributed by atoms with Gasteiger partial charge in [0, 0.05) is 0 Å². The lowest BCUT2D eigenvalue weighted by Crippen LogP contribution is -2.41. The highest BCUT2D eigenvalue weighted by atomic mass is 16.4. The molecule has 1 aliphatic rings. The molecule has 5 nitrogen and oxygen atoms in total. The number of carboxylic acid groups (broad SMARTS) is 1. The molecule has 1 aliphatic carbocycles. The van der Waals surface area contributed by atoms with E-state index in [1.54, 1.807) is 0 Å². The zero-order chi connectivity index (χ0) is 11.7. The minimum Gasteiger partial charge on any atom is -0.465 e. The third kappa shape index (κ3) is 1.71. The van der Waals surface area contributed by atoms with Gasteiger partial charge in [-0.25, -0.2) is 4.79 Å². The van der Waals surface area contributed by atoms with Crippen LogP contribution in [0.4, 0.5) is 4.79 Å². The molecule has 1 aromatic carbocycles. The van der Waals surface area contributed by atoms with Gasteiger partial charge in [-0.05, 0) is 17.5 Å². The first kappa shape index (κ1) is 10.5. The van der Waals surface area contributed by atoms with Crippen LogP contribution in [-0.4, -0.2) is 23.1 Å². The van der Waals surface area contributed by atoms with Crippen LogP contribution in [-0.2, 0) is 11.2 Å². The van der Waals surface area contributed by atoms with Crippen molar-refractivity contribution in [1.29, 1.82) is 0 Å². The monoisotopic (exact) mass is 220 g/mol. The van der Waals surface area contributed by atoms with Crippen LogP contribution in [0.25, 0.3) is 0 Å². The first-order chi connectivity index (χ1) is 7.59. The molecule has 5 heteroatoms. The summed E-state index contributed by atoms with van der Waals surface area (Å²) >= 11 is 0. The van der Waals surface area contributed by atoms with Gasteiger partial charge in [0.25, 0.3) is 0 Å². The summed E-state index contributed by atoms with van der Waals surface area (Å²) in [4.78, 5) is 22.0. The standard InChI is InChI=1S/C11H12N2O3/c12-10(14)9-7-4-2-1-3-6(7)5-8(9)13-11(15)16/h1-4,8-9,13H,5H2,(H2,12,14)(H,15,16)/t8-,9-/m1/s1. The molecule has 4 N–H and O–H groups in total. The Morgan fingerprint density at radius 3 is 2.69 bits per heavy atom. The zero-order valence-electron chi connectivity index (χ0n) is 8.51. The van der Waals surface area contributed by atoms with Gasteiger partial charge < -0.3 is 16.2 Å². The highest BCUT2D eigenvalue weighted by molar-refractivity contribution is 5.85. The van der Waals surface area contributed by atoms with Gasteiger partial charge in [-0.15, -0.1) is 0 Å². The van der Waals surface area contributed by atoms with E-state index in [0.29, 0.717) is 6.42 Å². The van der Waals surface area contributed by atoms with E-state index in [9.17, 15) is 9.59 Å². The van der Waals surface area contributed by atoms with Crippen molar-refractivity contribution in [1.82, 2.24) is 5.32 Å². The first-order valence-corrected chi connectivity index (χ1v) is 4.96. The van der Waals surface area contributed by atoms with Crippen LogP contribution in [0.2, 0.25) is 0 Å². The topological polar surface area (TPSA) is 92.4 Å². The fourth-order valence-electron chi connectivity index (χ4n) is 2.24. The summed E-state index contributed by atoms with van der Waals surface area (Å²) in [6.45, 7) is 0. The molecule has 0 fully saturated rings. The largest absolute Gasteiger partial charge is 0.465 e. The molecule has 0 radical (unpaired) electrons. The maximum Gasteiger partial charge on any atom is 0.404 e.